The fourth-order valence-corrected chi connectivity index (χ4v) is 4.64. The molecule has 0 aliphatic carbocycles. The van der Waals surface area contributed by atoms with Crippen LogP contribution in [0.25, 0.3) is 0 Å². The van der Waals surface area contributed by atoms with Gasteiger partial charge in [-0.15, -0.1) is 11.3 Å². The summed E-state index contributed by atoms with van der Waals surface area (Å²) in [5, 5.41) is 1.79. The minimum absolute atomic E-state index is 0.201. The van der Waals surface area contributed by atoms with Gasteiger partial charge >= 0.3 is 0 Å². The molecule has 3 N–H and O–H groups in total. The molecule has 0 fully saturated rings. The van der Waals surface area contributed by atoms with Crippen molar-refractivity contribution in [1.29, 1.82) is 0 Å². The molecule has 1 heterocycles. The van der Waals surface area contributed by atoms with Gasteiger partial charge in [-0.05, 0) is 30.0 Å². The number of sulfonamides is 1. The highest BCUT2D eigenvalue weighted by Crippen LogP contribution is 2.29. The number of hydrogen-bond acceptors (Lipinski definition) is 5. The lowest BCUT2D eigenvalue weighted by Crippen LogP contribution is -2.15. The zero-order chi connectivity index (χ0) is 14.8. The molecular weight excluding hydrogens is 296 g/mol. The molecule has 0 atom stereocenters. The maximum atomic E-state index is 12.5. The molecule has 0 aliphatic rings. The Morgan fingerprint density at radius 2 is 2.15 bits per heavy atom. The van der Waals surface area contributed by atoms with Crippen LogP contribution in [0.4, 0.5) is 5.69 Å². The Morgan fingerprint density at radius 3 is 2.80 bits per heavy atom. The normalized spacial score (nSPS) is 11.3. The lowest BCUT2D eigenvalue weighted by molar-refractivity contribution is 0.415. The predicted molar refractivity (Wildman–Crippen MR) is 80.7 cm³/mol. The van der Waals surface area contributed by atoms with E-state index in [4.69, 9.17) is 10.5 Å². The van der Waals surface area contributed by atoms with E-state index in [0.29, 0.717) is 21.9 Å². The molecule has 0 saturated heterocycles. The fourth-order valence-electron chi connectivity index (χ4n) is 1.88. The van der Waals surface area contributed by atoms with Crippen LogP contribution in [0.15, 0.2) is 34.5 Å². The van der Waals surface area contributed by atoms with Crippen LogP contribution >= 0.6 is 11.3 Å². The first-order chi connectivity index (χ1) is 9.47. The van der Waals surface area contributed by atoms with Gasteiger partial charge in [0.05, 0.1) is 12.8 Å². The van der Waals surface area contributed by atoms with E-state index in [0.717, 1.165) is 0 Å². The van der Waals surface area contributed by atoms with Crippen molar-refractivity contribution in [2.24, 2.45) is 5.73 Å². The quantitative estimate of drug-likeness (QED) is 0.888. The average molecular weight is 312 g/mol. The van der Waals surface area contributed by atoms with E-state index in [1.165, 1.54) is 18.4 Å². The van der Waals surface area contributed by atoms with Gasteiger partial charge < -0.3 is 10.5 Å². The number of methoxy groups -OCH3 is 1. The second kappa shape index (κ2) is 5.82. The Balaban J connectivity index is 2.38. The zero-order valence-electron chi connectivity index (χ0n) is 11.2. The highest BCUT2D eigenvalue weighted by Gasteiger charge is 2.22. The molecule has 0 bridgehead atoms. The smallest absolute Gasteiger partial charge is 0.263 e. The summed E-state index contributed by atoms with van der Waals surface area (Å²) < 4.78 is 32.6. The number of hydrogen-bond donors (Lipinski definition) is 2. The molecule has 7 heteroatoms. The van der Waals surface area contributed by atoms with Gasteiger partial charge in [-0.1, -0.05) is 6.07 Å². The second-order valence-electron chi connectivity index (χ2n) is 4.21. The summed E-state index contributed by atoms with van der Waals surface area (Å²) in [5.41, 5.74) is 6.75. The lowest BCUT2D eigenvalue weighted by Gasteiger charge is -2.10. The van der Waals surface area contributed by atoms with Gasteiger partial charge in [0.1, 0.15) is 10.6 Å². The Hall–Kier alpha value is -1.57. The molecule has 20 heavy (non-hydrogen) atoms. The molecule has 0 spiro atoms. The van der Waals surface area contributed by atoms with Crippen molar-refractivity contribution in [3.63, 3.8) is 0 Å². The Labute approximate surface area is 122 Å². The molecule has 0 saturated carbocycles. The molecule has 0 aliphatic heterocycles. The minimum atomic E-state index is -3.64. The van der Waals surface area contributed by atoms with E-state index < -0.39 is 10.0 Å². The number of thiophene rings is 1. The Bertz CT molecular complexity index is 708. The Morgan fingerprint density at radius 1 is 1.40 bits per heavy atom. The number of nitrogens with two attached hydrogens (primary N) is 1. The van der Waals surface area contributed by atoms with Crippen molar-refractivity contribution in [3.8, 4) is 5.75 Å². The summed E-state index contributed by atoms with van der Waals surface area (Å²) in [6.07, 6.45) is 0. The molecule has 1 aromatic heterocycles. The summed E-state index contributed by atoms with van der Waals surface area (Å²) in [5.74, 6) is 0.589. The number of rotatable bonds is 5. The van der Waals surface area contributed by atoms with E-state index in [-0.39, 0.29) is 11.4 Å². The van der Waals surface area contributed by atoms with Crippen molar-refractivity contribution in [2.45, 2.75) is 18.4 Å². The standard InChI is InChI=1S/C13H16N2O3S2/c1-9-8-19-12(7-14)13(9)20(16,17)15-10-4-3-5-11(6-10)18-2/h3-6,8,15H,7,14H2,1-2H3. The van der Waals surface area contributed by atoms with E-state index in [1.54, 1.807) is 36.6 Å². The Kier molecular flexibility index (Phi) is 4.32. The maximum absolute atomic E-state index is 12.5. The van der Waals surface area contributed by atoms with Gasteiger partial charge in [-0.2, -0.15) is 0 Å². The van der Waals surface area contributed by atoms with Gasteiger partial charge in [0.2, 0.25) is 0 Å². The van der Waals surface area contributed by atoms with Gasteiger partial charge in [-0.25, -0.2) is 8.42 Å². The number of nitrogens with one attached hydrogen (secondary N) is 1. The van der Waals surface area contributed by atoms with Gasteiger partial charge in [0.25, 0.3) is 10.0 Å². The molecule has 0 radical (unpaired) electrons. The molecular formula is C13H16N2O3S2. The highest BCUT2D eigenvalue weighted by atomic mass is 32.2. The van der Waals surface area contributed by atoms with Crippen LogP contribution in [0.5, 0.6) is 5.75 Å². The van der Waals surface area contributed by atoms with Crippen LogP contribution in [0, 0.1) is 6.92 Å². The molecule has 0 amide bonds. The van der Waals surface area contributed by atoms with Gasteiger partial charge in [0, 0.05) is 17.5 Å². The fraction of sp³-hybridized carbons (Fsp3) is 0.231. The summed E-state index contributed by atoms with van der Waals surface area (Å²) in [6.45, 7) is 1.96. The average Bonchev–Trinajstić information content (AvgIpc) is 2.80. The number of ether oxygens (including phenoxy) is 1. The maximum Gasteiger partial charge on any atom is 0.263 e. The number of benzene rings is 1. The molecule has 0 unspecified atom stereocenters. The lowest BCUT2D eigenvalue weighted by atomic mass is 10.3. The number of aryl methyl sites for hydroxylation is 1. The number of anilines is 1. The van der Waals surface area contributed by atoms with Crippen molar-refractivity contribution >= 4 is 27.0 Å². The van der Waals surface area contributed by atoms with Crippen molar-refractivity contribution in [2.75, 3.05) is 11.8 Å². The van der Waals surface area contributed by atoms with E-state index in [9.17, 15) is 8.42 Å². The van der Waals surface area contributed by atoms with Crippen molar-refractivity contribution in [1.82, 2.24) is 0 Å². The van der Waals surface area contributed by atoms with Crippen LogP contribution in [0.1, 0.15) is 10.4 Å². The highest BCUT2D eigenvalue weighted by molar-refractivity contribution is 7.93. The molecule has 108 valence electrons. The van der Waals surface area contributed by atoms with Crippen LogP contribution in [0.3, 0.4) is 0 Å². The molecule has 5 nitrogen and oxygen atoms in total. The van der Waals surface area contributed by atoms with Gasteiger partial charge in [0.15, 0.2) is 0 Å². The van der Waals surface area contributed by atoms with Crippen LogP contribution in [0.2, 0.25) is 0 Å². The molecule has 2 rings (SSSR count). The third kappa shape index (κ3) is 2.95. The van der Waals surface area contributed by atoms with Crippen LogP contribution < -0.4 is 15.2 Å². The summed E-state index contributed by atoms with van der Waals surface area (Å²) in [6, 6.07) is 6.77. The van der Waals surface area contributed by atoms with Crippen molar-refractivity contribution in [3.05, 3.63) is 40.1 Å². The van der Waals surface area contributed by atoms with Crippen LogP contribution in [-0.4, -0.2) is 15.5 Å². The zero-order valence-corrected chi connectivity index (χ0v) is 12.8. The first kappa shape index (κ1) is 14.8. The second-order valence-corrected chi connectivity index (χ2v) is 6.80. The minimum Gasteiger partial charge on any atom is -0.497 e. The van der Waals surface area contributed by atoms with Crippen molar-refractivity contribution < 1.29 is 13.2 Å². The SMILES string of the molecule is COc1cccc(NS(=O)(=O)c2c(C)csc2CN)c1. The third-order valence-corrected chi connectivity index (χ3v) is 5.63. The van der Waals surface area contributed by atoms with Gasteiger partial charge in [-0.3, -0.25) is 4.72 Å². The van der Waals surface area contributed by atoms with Crippen LogP contribution in [-0.2, 0) is 16.6 Å². The summed E-state index contributed by atoms with van der Waals surface area (Å²) in [7, 11) is -2.11. The largest absolute Gasteiger partial charge is 0.497 e. The molecule has 1 aromatic carbocycles. The molecule has 2 aromatic rings. The van der Waals surface area contributed by atoms with E-state index in [2.05, 4.69) is 4.72 Å². The summed E-state index contributed by atoms with van der Waals surface area (Å²) >= 11 is 1.35. The monoisotopic (exact) mass is 312 g/mol. The topological polar surface area (TPSA) is 81.4 Å². The predicted octanol–water partition coefficient (Wildman–Crippen LogP) is 2.32. The first-order valence-corrected chi connectivity index (χ1v) is 8.28. The third-order valence-electron chi connectivity index (χ3n) is 2.77. The summed E-state index contributed by atoms with van der Waals surface area (Å²) in [4.78, 5) is 0.922. The van der Waals surface area contributed by atoms with E-state index >= 15 is 0 Å². The first-order valence-electron chi connectivity index (χ1n) is 5.92. The van der Waals surface area contributed by atoms with E-state index in [1.807, 2.05) is 0 Å².